The predicted octanol–water partition coefficient (Wildman–Crippen LogP) is -0.306. The first-order chi connectivity index (χ1) is 9.00. The van der Waals surface area contributed by atoms with Gasteiger partial charge in [0.05, 0.1) is 6.54 Å². The highest BCUT2D eigenvalue weighted by atomic mass is 16.2. The SMILES string of the molecule is Cn1ccc(=O)n(Cc2ccccc2C(N)=O)c1=O. The summed E-state index contributed by atoms with van der Waals surface area (Å²) in [5, 5.41) is 0. The summed E-state index contributed by atoms with van der Waals surface area (Å²) in [4.78, 5) is 34.9. The second kappa shape index (κ2) is 4.93. The molecule has 19 heavy (non-hydrogen) atoms. The molecule has 0 aliphatic carbocycles. The molecule has 0 fully saturated rings. The maximum absolute atomic E-state index is 11.9. The van der Waals surface area contributed by atoms with Crippen LogP contribution < -0.4 is 17.0 Å². The summed E-state index contributed by atoms with van der Waals surface area (Å²) in [5.41, 5.74) is 5.26. The van der Waals surface area contributed by atoms with Crippen molar-refractivity contribution in [2.45, 2.75) is 6.54 Å². The zero-order chi connectivity index (χ0) is 14.0. The first-order valence-corrected chi connectivity index (χ1v) is 5.65. The molecule has 6 nitrogen and oxygen atoms in total. The van der Waals surface area contributed by atoms with Gasteiger partial charge in [0.25, 0.3) is 5.56 Å². The molecule has 0 aliphatic heterocycles. The zero-order valence-electron chi connectivity index (χ0n) is 10.4. The van der Waals surface area contributed by atoms with E-state index in [0.717, 1.165) is 4.57 Å². The Kier molecular flexibility index (Phi) is 3.33. The highest BCUT2D eigenvalue weighted by Gasteiger charge is 2.10. The average Bonchev–Trinajstić information content (AvgIpc) is 2.39. The van der Waals surface area contributed by atoms with E-state index in [2.05, 4.69) is 0 Å². The summed E-state index contributed by atoms with van der Waals surface area (Å²) in [7, 11) is 1.55. The van der Waals surface area contributed by atoms with E-state index in [9.17, 15) is 14.4 Å². The summed E-state index contributed by atoms with van der Waals surface area (Å²) in [6.07, 6.45) is 1.40. The highest BCUT2D eigenvalue weighted by molar-refractivity contribution is 5.94. The van der Waals surface area contributed by atoms with Crippen molar-refractivity contribution in [3.8, 4) is 0 Å². The van der Waals surface area contributed by atoms with E-state index < -0.39 is 17.2 Å². The molecular weight excluding hydrogens is 246 g/mol. The molecule has 0 atom stereocenters. The van der Waals surface area contributed by atoms with Gasteiger partial charge in [-0.2, -0.15) is 0 Å². The van der Waals surface area contributed by atoms with Crippen LogP contribution in [0.2, 0.25) is 0 Å². The summed E-state index contributed by atoms with van der Waals surface area (Å²) >= 11 is 0. The normalized spacial score (nSPS) is 10.4. The van der Waals surface area contributed by atoms with Gasteiger partial charge in [0.15, 0.2) is 0 Å². The third-order valence-electron chi connectivity index (χ3n) is 2.85. The lowest BCUT2D eigenvalue weighted by Gasteiger charge is -2.09. The van der Waals surface area contributed by atoms with Gasteiger partial charge in [-0.3, -0.25) is 14.2 Å². The van der Waals surface area contributed by atoms with Crippen LogP contribution in [0.5, 0.6) is 0 Å². The second-order valence-electron chi connectivity index (χ2n) is 4.15. The maximum Gasteiger partial charge on any atom is 0.331 e. The minimum Gasteiger partial charge on any atom is -0.366 e. The lowest BCUT2D eigenvalue weighted by Crippen LogP contribution is -2.38. The minimum atomic E-state index is -0.587. The molecule has 2 aromatic rings. The molecule has 2 rings (SSSR count). The molecule has 0 radical (unpaired) electrons. The van der Waals surface area contributed by atoms with Crippen LogP contribution in [-0.4, -0.2) is 15.0 Å². The average molecular weight is 259 g/mol. The third kappa shape index (κ3) is 2.47. The first kappa shape index (κ1) is 12.8. The number of hydrogen-bond acceptors (Lipinski definition) is 3. The van der Waals surface area contributed by atoms with Crippen LogP contribution in [-0.2, 0) is 13.6 Å². The van der Waals surface area contributed by atoms with Gasteiger partial charge in [0.1, 0.15) is 0 Å². The molecule has 0 bridgehead atoms. The number of aryl methyl sites for hydroxylation is 1. The summed E-state index contributed by atoms with van der Waals surface area (Å²) < 4.78 is 2.36. The molecule has 0 aliphatic rings. The number of hydrogen-bond donors (Lipinski definition) is 1. The van der Waals surface area contributed by atoms with Crippen molar-refractivity contribution in [2.24, 2.45) is 12.8 Å². The Labute approximate surface area is 108 Å². The number of primary amides is 1. The summed E-state index contributed by atoms with van der Waals surface area (Å²) in [5.74, 6) is -0.587. The summed E-state index contributed by atoms with van der Waals surface area (Å²) in [6.45, 7) is 0.0193. The molecule has 1 amide bonds. The van der Waals surface area contributed by atoms with E-state index in [-0.39, 0.29) is 6.54 Å². The van der Waals surface area contributed by atoms with Gasteiger partial charge in [-0.25, -0.2) is 4.79 Å². The molecule has 1 aromatic heterocycles. The van der Waals surface area contributed by atoms with Crippen molar-refractivity contribution < 1.29 is 4.79 Å². The van der Waals surface area contributed by atoms with Crippen molar-refractivity contribution in [1.29, 1.82) is 0 Å². The Balaban J connectivity index is 2.54. The number of nitrogens with zero attached hydrogens (tertiary/aromatic N) is 2. The number of rotatable bonds is 3. The van der Waals surface area contributed by atoms with E-state index >= 15 is 0 Å². The molecule has 2 N–H and O–H groups in total. The van der Waals surface area contributed by atoms with Gasteiger partial charge in [-0.15, -0.1) is 0 Å². The number of carbonyl (C=O) groups is 1. The van der Waals surface area contributed by atoms with E-state index in [0.29, 0.717) is 11.1 Å². The Morgan fingerprint density at radius 1 is 1.21 bits per heavy atom. The standard InChI is InChI=1S/C13H13N3O3/c1-15-7-6-11(17)16(13(15)19)8-9-4-2-3-5-10(9)12(14)18/h2-7H,8H2,1H3,(H2,14,18). The van der Waals surface area contributed by atoms with E-state index in [1.54, 1.807) is 31.3 Å². The Morgan fingerprint density at radius 3 is 2.58 bits per heavy atom. The van der Waals surface area contributed by atoms with Crippen LogP contribution >= 0.6 is 0 Å². The molecule has 0 saturated heterocycles. The molecule has 1 aromatic carbocycles. The van der Waals surface area contributed by atoms with E-state index in [1.807, 2.05) is 0 Å². The fraction of sp³-hybridized carbons (Fsp3) is 0.154. The van der Waals surface area contributed by atoms with Crippen LogP contribution in [0.15, 0.2) is 46.1 Å². The third-order valence-corrected chi connectivity index (χ3v) is 2.85. The lowest BCUT2D eigenvalue weighted by molar-refractivity contribution is 0.0999. The molecule has 0 unspecified atom stereocenters. The smallest absolute Gasteiger partial charge is 0.331 e. The second-order valence-corrected chi connectivity index (χ2v) is 4.15. The first-order valence-electron chi connectivity index (χ1n) is 5.65. The Bertz CT molecular complexity index is 743. The van der Waals surface area contributed by atoms with Crippen LogP contribution in [0.4, 0.5) is 0 Å². The highest BCUT2D eigenvalue weighted by Crippen LogP contribution is 2.08. The Morgan fingerprint density at radius 2 is 1.89 bits per heavy atom. The lowest BCUT2D eigenvalue weighted by atomic mass is 10.1. The van der Waals surface area contributed by atoms with E-state index in [4.69, 9.17) is 5.73 Å². The molecule has 6 heteroatoms. The fourth-order valence-electron chi connectivity index (χ4n) is 1.83. The maximum atomic E-state index is 11.9. The van der Waals surface area contributed by atoms with Crippen molar-refractivity contribution in [3.05, 3.63) is 68.5 Å². The number of nitrogens with two attached hydrogens (primary N) is 1. The van der Waals surface area contributed by atoms with Gasteiger partial charge >= 0.3 is 5.69 Å². The van der Waals surface area contributed by atoms with Gasteiger partial charge in [0, 0.05) is 24.9 Å². The molecule has 0 spiro atoms. The quantitative estimate of drug-likeness (QED) is 0.820. The molecule has 1 heterocycles. The van der Waals surface area contributed by atoms with Crippen LogP contribution in [0.3, 0.4) is 0 Å². The van der Waals surface area contributed by atoms with Crippen LogP contribution in [0.1, 0.15) is 15.9 Å². The minimum absolute atomic E-state index is 0.0193. The number of benzene rings is 1. The van der Waals surface area contributed by atoms with Crippen molar-refractivity contribution in [1.82, 2.24) is 9.13 Å². The predicted molar refractivity (Wildman–Crippen MR) is 70.0 cm³/mol. The molecule has 98 valence electrons. The van der Waals surface area contributed by atoms with E-state index in [1.165, 1.54) is 16.8 Å². The summed E-state index contributed by atoms with van der Waals surface area (Å²) in [6, 6.07) is 7.93. The van der Waals surface area contributed by atoms with Gasteiger partial charge in [-0.05, 0) is 11.6 Å². The molecule has 0 saturated carbocycles. The van der Waals surface area contributed by atoms with Crippen molar-refractivity contribution in [3.63, 3.8) is 0 Å². The molecular formula is C13H13N3O3. The fourth-order valence-corrected chi connectivity index (χ4v) is 1.83. The van der Waals surface area contributed by atoms with Crippen molar-refractivity contribution >= 4 is 5.91 Å². The Hall–Kier alpha value is -2.63. The van der Waals surface area contributed by atoms with Crippen molar-refractivity contribution in [2.75, 3.05) is 0 Å². The monoisotopic (exact) mass is 259 g/mol. The van der Waals surface area contributed by atoms with Gasteiger partial charge in [0.2, 0.25) is 5.91 Å². The van der Waals surface area contributed by atoms with Gasteiger partial charge in [-0.1, -0.05) is 18.2 Å². The van der Waals surface area contributed by atoms with Crippen LogP contribution in [0.25, 0.3) is 0 Å². The number of carbonyl (C=O) groups excluding carboxylic acids is 1. The topological polar surface area (TPSA) is 87.1 Å². The number of aromatic nitrogens is 2. The number of amides is 1. The largest absolute Gasteiger partial charge is 0.366 e. The zero-order valence-corrected chi connectivity index (χ0v) is 10.4. The van der Waals surface area contributed by atoms with Crippen LogP contribution in [0, 0.1) is 0 Å². The van der Waals surface area contributed by atoms with Gasteiger partial charge < -0.3 is 10.3 Å².